The predicted molar refractivity (Wildman–Crippen MR) is 117 cm³/mol. The average molecular weight is 439 g/mol. The van der Waals surface area contributed by atoms with E-state index < -0.39 is 18.1 Å². The van der Waals surface area contributed by atoms with Gasteiger partial charge < -0.3 is 19.7 Å². The molecule has 1 N–H and O–H groups in total. The summed E-state index contributed by atoms with van der Waals surface area (Å²) < 4.78 is 10.6. The monoisotopic (exact) mass is 438 g/mol. The minimum Gasteiger partial charge on any atom is -0.497 e. The number of carbonyl (C=O) groups excluding carboxylic acids is 3. The fourth-order valence-electron chi connectivity index (χ4n) is 3.59. The first-order chi connectivity index (χ1) is 15.0. The molecule has 0 radical (unpaired) electrons. The van der Waals surface area contributed by atoms with Crippen molar-refractivity contribution in [1.82, 2.24) is 10.2 Å². The Bertz CT molecular complexity index is 1010. The molecular formula is C23H22N2O5S. The maximum absolute atomic E-state index is 12.8. The Morgan fingerprint density at radius 2 is 1.87 bits per heavy atom. The Morgan fingerprint density at radius 3 is 2.55 bits per heavy atom. The number of nitrogens with one attached hydrogen (secondary N) is 1. The molecule has 2 saturated heterocycles. The first-order valence-electron chi connectivity index (χ1n) is 9.76. The van der Waals surface area contributed by atoms with E-state index >= 15 is 0 Å². The number of fused-ring (bicyclic) bond motifs is 1. The number of hydrogen-bond acceptors (Lipinski definition) is 6. The summed E-state index contributed by atoms with van der Waals surface area (Å²) in [7, 11) is 1.58. The molecule has 31 heavy (non-hydrogen) atoms. The van der Waals surface area contributed by atoms with E-state index in [2.05, 4.69) is 11.9 Å². The van der Waals surface area contributed by atoms with Crippen LogP contribution in [0.5, 0.6) is 5.75 Å². The molecule has 0 spiro atoms. The molecule has 8 heteroatoms. The highest BCUT2D eigenvalue weighted by atomic mass is 32.2. The van der Waals surface area contributed by atoms with Gasteiger partial charge in [0.25, 0.3) is 5.91 Å². The lowest BCUT2D eigenvalue weighted by atomic mass is 9.98. The summed E-state index contributed by atoms with van der Waals surface area (Å²) in [4.78, 5) is 39.5. The number of methoxy groups -OCH3 is 1. The summed E-state index contributed by atoms with van der Waals surface area (Å²) in [6, 6.07) is 14.4. The van der Waals surface area contributed by atoms with Crippen LogP contribution in [-0.4, -0.2) is 53.0 Å². The van der Waals surface area contributed by atoms with Crippen LogP contribution in [-0.2, 0) is 20.9 Å². The standard InChI is InChI=1S/C23H22N2O5S/c1-14-13-31-22-18(24-20(26)16-6-4-3-5-7-16)21(27)25(22)19(14)23(28)30-12-15-8-10-17(29-2)11-9-15/h3-11,18-19,22H,1,12-13H2,2H3,(H,24,26)/t18-,19?,22+/m1/s1. The normalized spacial score (nSPS) is 22.2. The third-order valence-electron chi connectivity index (χ3n) is 5.27. The molecule has 0 aliphatic carbocycles. The molecular weight excluding hydrogens is 416 g/mol. The molecule has 2 amide bonds. The Labute approximate surface area is 184 Å². The van der Waals surface area contributed by atoms with Crippen LogP contribution in [0.3, 0.4) is 0 Å². The summed E-state index contributed by atoms with van der Waals surface area (Å²) in [6.07, 6.45) is 0. The van der Waals surface area contributed by atoms with E-state index in [1.165, 1.54) is 16.7 Å². The fourth-order valence-corrected chi connectivity index (χ4v) is 4.89. The molecule has 4 rings (SSSR count). The first-order valence-corrected chi connectivity index (χ1v) is 10.8. The number of hydrogen-bond donors (Lipinski definition) is 1. The van der Waals surface area contributed by atoms with Crippen LogP contribution in [0.25, 0.3) is 0 Å². The number of thioether (sulfide) groups is 1. The van der Waals surface area contributed by atoms with Gasteiger partial charge in [0.15, 0.2) is 6.04 Å². The maximum Gasteiger partial charge on any atom is 0.333 e. The van der Waals surface area contributed by atoms with Gasteiger partial charge in [-0.1, -0.05) is 36.9 Å². The van der Waals surface area contributed by atoms with E-state index in [9.17, 15) is 14.4 Å². The van der Waals surface area contributed by atoms with E-state index in [1.807, 2.05) is 18.2 Å². The second kappa shape index (κ2) is 8.85. The van der Waals surface area contributed by atoms with Gasteiger partial charge in [-0.15, -0.1) is 11.8 Å². The molecule has 0 aromatic heterocycles. The highest BCUT2D eigenvalue weighted by Crippen LogP contribution is 2.40. The fraction of sp³-hybridized carbons (Fsp3) is 0.261. The van der Waals surface area contributed by atoms with Crippen molar-refractivity contribution in [1.29, 1.82) is 0 Å². The van der Waals surface area contributed by atoms with Gasteiger partial charge in [-0.2, -0.15) is 0 Å². The predicted octanol–water partition coefficient (Wildman–Crippen LogP) is 2.38. The molecule has 2 heterocycles. The van der Waals surface area contributed by atoms with Crippen LogP contribution in [0.1, 0.15) is 15.9 Å². The molecule has 2 aromatic carbocycles. The van der Waals surface area contributed by atoms with Crippen LogP contribution >= 0.6 is 11.8 Å². The third kappa shape index (κ3) is 4.16. The lowest BCUT2D eigenvalue weighted by molar-refractivity contribution is -0.163. The molecule has 160 valence electrons. The smallest absolute Gasteiger partial charge is 0.333 e. The van der Waals surface area contributed by atoms with Crippen molar-refractivity contribution in [2.24, 2.45) is 0 Å². The molecule has 2 aromatic rings. The van der Waals surface area contributed by atoms with Crippen molar-refractivity contribution in [3.05, 3.63) is 77.9 Å². The van der Waals surface area contributed by atoms with E-state index in [-0.39, 0.29) is 23.8 Å². The summed E-state index contributed by atoms with van der Waals surface area (Å²) in [5.74, 6) is 0.0722. The molecule has 2 aliphatic rings. The second-order valence-corrected chi connectivity index (χ2v) is 8.39. The van der Waals surface area contributed by atoms with Crippen molar-refractivity contribution in [3.63, 3.8) is 0 Å². The molecule has 3 atom stereocenters. The number of carbonyl (C=O) groups is 3. The Morgan fingerprint density at radius 1 is 1.16 bits per heavy atom. The van der Waals surface area contributed by atoms with Gasteiger partial charge >= 0.3 is 5.97 Å². The number of amides is 2. The third-order valence-corrected chi connectivity index (χ3v) is 6.65. The summed E-state index contributed by atoms with van der Waals surface area (Å²) in [5.41, 5.74) is 1.90. The van der Waals surface area contributed by atoms with Crippen LogP contribution in [0.15, 0.2) is 66.7 Å². The average Bonchev–Trinajstić information content (AvgIpc) is 2.81. The zero-order valence-corrected chi connectivity index (χ0v) is 17.8. The highest BCUT2D eigenvalue weighted by molar-refractivity contribution is 8.00. The van der Waals surface area contributed by atoms with Gasteiger partial charge in [0.05, 0.1) is 7.11 Å². The van der Waals surface area contributed by atoms with Gasteiger partial charge in [0.1, 0.15) is 23.8 Å². The molecule has 7 nitrogen and oxygen atoms in total. The molecule has 2 aliphatic heterocycles. The van der Waals surface area contributed by atoms with Crippen molar-refractivity contribution in [2.45, 2.75) is 24.1 Å². The lowest BCUT2D eigenvalue weighted by Crippen LogP contribution is -2.74. The van der Waals surface area contributed by atoms with E-state index in [0.717, 1.165) is 5.56 Å². The zero-order valence-electron chi connectivity index (χ0n) is 16.9. The zero-order chi connectivity index (χ0) is 22.0. The quantitative estimate of drug-likeness (QED) is 0.424. The number of ether oxygens (including phenoxy) is 2. The Kier molecular flexibility index (Phi) is 5.99. The van der Waals surface area contributed by atoms with Gasteiger partial charge in [-0.3, -0.25) is 9.59 Å². The molecule has 0 bridgehead atoms. The largest absolute Gasteiger partial charge is 0.497 e. The van der Waals surface area contributed by atoms with E-state index in [0.29, 0.717) is 22.6 Å². The van der Waals surface area contributed by atoms with Crippen LogP contribution < -0.4 is 10.1 Å². The Hall–Kier alpha value is -3.26. The van der Waals surface area contributed by atoms with Crippen molar-refractivity contribution >= 4 is 29.5 Å². The van der Waals surface area contributed by atoms with Crippen molar-refractivity contribution in [3.8, 4) is 5.75 Å². The number of benzene rings is 2. The summed E-state index contributed by atoms with van der Waals surface area (Å²) in [6.45, 7) is 4.05. The lowest BCUT2D eigenvalue weighted by Gasteiger charge is -2.52. The second-order valence-electron chi connectivity index (χ2n) is 7.28. The van der Waals surface area contributed by atoms with Gasteiger partial charge in [0.2, 0.25) is 5.91 Å². The summed E-state index contributed by atoms with van der Waals surface area (Å²) in [5, 5.41) is 2.45. The van der Waals surface area contributed by atoms with Gasteiger partial charge in [-0.05, 0) is 35.4 Å². The maximum atomic E-state index is 12.8. The van der Waals surface area contributed by atoms with Crippen molar-refractivity contribution < 1.29 is 23.9 Å². The number of rotatable bonds is 6. The molecule has 2 fully saturated rings. The van der Waals surface area contributed by atoms with Crippen LogP contribution in [0, 0.1) is 0 Å². The topological polar surface area (TPSA) is 84.9 Å². The van der Waals surface area contributed by atoms with Crippen LogP contribution in [0.4, 0.5) is 0 Å². The Balaban J connectivity index is 1.39. The molecule has 0 saturated carbocycles. The number of esters is 1. The number of nitrogens with zero attached hydrogens (tertiary/aromatic N) is 1. The highest BCUT2D eigenvalue weighted by Gasteiger charge is 2.56. The first kappa shape index (κ1) is 21.0. The number of β-lactam (4-membered cyclic amide) rings is 1. The minimum absolute atomic E-state index is 0.0839. The molecule has 1 unspecified atom stereocenters. The minimum atomic E-state index is -0.845. The van der Waals surface area contributed by atoms with E-state index in [4.69, 9.17) is 9.47 Å². The van der Waals surface area contributed by atoms with Crippen LogP contribution in [0.2, 0.25) is 0 Å². The summed E-state index contributed by atoms with van der Waals surface area (Å²) >= 11 is 1.48. The van der Waals surface area contributed by atoms with Gasteiger partial charge in [0, 0.05) is 11.3 Å². The SMILES string of the molecule is C=C1CS[C@H]2[C@H](NC(=O)c3ccccc3)C(=O)N2C1C(=O)OCc1ccc(OC)cc1. The van der Waals surface area contributed by atoms with Gasteiger partial charge in [-0.25, -0.2) is 4.79 Å². The van der Waals surface area contributed by atoms with E-state index in [1.54, 1.807) is 43.5 Å². The van der Waals surface area contributed by atoms with Crippen molar-refractivity contribution in [2.75, 3.05) is 12.9 Å².